The van der Waals surface area contributed by atoms with Gasteiger partial charge < -0.3 is 14.6 Å². The summed E-state index contributed by atoms with van der Waals surface area (Å²) in [4.78, 5) is 0. The zero-order valence-corrected chi connectivity index (χ0v) is 11.0. The Morgan fingerprint density at radius 3 is 2.88 bits per heavy atom. The monoisotopic (exact) mass is 236 g/mol. The van der Waals surface area contributed by atoms with Crippen molar-refractivity contribution in [2.24, 2.45) is 0 Å². The van der Waals surface area contributed by atoms with Crippen LogP contribution in [0, 0.1) is 0 Å². The second kappa shape index (κ2) is 5.69. The number of nitrogens with zero attached hydrogens (tertiary/aromatic N) is 1. The highest BCUT2D eigenvalue weighted by atomic mass is 16.5. The molecule has 1 fully saturated rings. The number of nitrogens with one attached hydrogen (secondary N) is 1. The smallest absolute Gasteiger partial charge is 0.0483 e. The Morgan fingerprint density at radius 1 is 1.41 bits per heavy atom. The van der Waals surface area contributed by atoms with Gasteiger partial charge in [-0.2, -0.15) is 0 Å². The number of aromatic nitrogens is 1. The second-order valence-electron chi connectivity index (χ2n) is 5.28. The van der Waals surface area contributed by atoms with Gasteiger partial charge in [0.25, 0.3) is 0 Å². The average Bonchev–Trinajstić information content (AvgIpc) is 2.76. The number of hydrogen-bond acceptors (Lipinski definition) is 2. The lowest BCUT2D eigenvalue weighted by Gasteiger charge is -2.34. The lowest BCUT2D eigenvalue weighted by atomic mass is 9.92. The van der Waals surface area contributed by atoms with Crippen molar-refractivity contribution in [1.29, 1.82) is 0 Å². The van der Waals surface area contributed by atoms with Gasteiger partial charge in [-0.25, -0.2) is 0 Å². The van der Waals surface area contributed by atoms with Crippen LogP contribution in [-0.4, -0.2) is 23.3 Å². The van der Waals surface area contributed by atoms with E-state index in [9.17, 15) is 0 Å². The molecule has 0 bridgehead atoms. The van der Waals surface area contributed by atoms with E-state index < -0.39 is 0 Å². The standard InChI is InChI=1S/C14H24N2O/c1-3-7-16-8-4-13(12-16)11-15-14(2)5-9-17-10-6-14/h4,8,12,15H,3,5-7,9-11H2,1-2H3. The van der Waals surface area contributed by atoms with Crippen molar-refractivity contribution in [3.05, 3.63) is 24.0 Å². The summed E-state index contributed by atoms with van der Waals surface area (Å²) in [6.07, 6.45) is 7.84. The van der Waals surface area contributed by atoms with Crippen LogP contribution in [-0.2, 0) is 17.8 Å². The highest BCUT2D eigenvalue weighted by Gasteiger charge is 2.26. The Kier molecular flexibility index (Phi) is 4.24. The zero-order chi connectivity index (χ0) is 12.1. The molecule has 1 saturated heterocycles. The molecule has 1 aliphatic heterocycles. The van der Waals surface area contributed by atoms with Crippen molar-refractivity contribution in [2.45, 2.75) is 51.7 Å². The first-order valence-electron chi connectivity index (χ1n) is 6.69. The molecule has 3 heteroatoms. The molecule has 0 radical (unpaired) electrons. The molecule has 0 atom stereocenters. The fourth-order valence-electron chi connectivity index (χ4n) is 2.31. The number of ether oxygens (including phenoxy) is 1. The summed E-state index contributed by atoms with van der Waals surface area (Å²) in [5, 5.41) is 3.68. The molecule has 2 heterocycles. The molecular formula is C14H24N2O. The Bertz CT molecular complexity index is 340. The van der Waals surface area contributed by atoms with Crippen molar-refractivity contribution in [3.63, 3.8) is 0 Å². The van der Waals surface area contributed by atoms with Crippen LogP contribution < -0.4 is 5.32 Å². The van der Waals surface area contributed by atoms with Gasteiger partial charge in [0, 0.05) is 44.2 Å². The van der Waals surface area contributed by atoms with Crippen LogP contribution >= 0.6 is 0 Å². The summed E-state index contributed by atoms with van der Waals surface area (Å²) in [5.74, 6) is 0. The van der Waals surface area contributed by atoms with Crippen molar-refractivity contribution in [2.75, 3.05) is 13.2 Å². The van der Waals surface area contributed by atoms with E-state index in [0.717, 1.165) is 39.1 Å². The van der Waals surface area contributed by atoms with Gasteiger partial charge in [0.1, 0.15) is 0 Å². The molecule has 1 aromatic heterocycles. The molecule has 0 aromatic carbocycles. The van der Waals surface area contributed by atoms with Crippen LogP contribution in [0.1, 0.15) is 38.7 Å². The molecular weight excluding hydrogens is 212 g/mol. The van der Waals surface area contributed by atoms with Crippen molar-refractivity contribution >= 4 is 0 Å². The van der Waals surface area contributed by atoms with Gasteiger partial charge in [0.15, 0.2) is 0 Å². The van der Waals surface area contributed by atoms with E-state index in [2.05, 4.69) is 42.2 Å². The van der Waals surface area contributed by atoms with E-state index in [-0.39, 0.29) is 5.54 Å². The van der Waals surface area contributed by atoms with Crippen LogP contribution in [0.25, 0.3) is 0 Å². The minimum absolute atomic E-state index is 0.255. The third-order valence-corrected chi connectivity index (χ3v) is 3.61. The molecule has 1 aromatic rings. The fourth-order valence-corrected chi connectivity index (χ4v) is 2.31. The van der Waals surface area contributed by atoms with Gasteiger partial charge in [0.2, 0.25) is 0 Å². The van der Waals surface area contributed by atoms with E-state index in [4.69, 9.17) is 4.74 Å². The van der Waals surface area contributed by atoms with Gasteiger partial charge >= 0.3 is 0 Å². The maximum atomic E-state index is 5.41. The SMILES string of the molecule is CCCn1ccc(CNC2(C)CCOCC2)c1. The predicted octanol–water partition coefficient (Wildman–Crippen LogP) is 2.56. The van der Waals surface area contributed by atoms with E-state index >= 15 is 0 Å². The lowest BCUT2D eigenvalue weighted by molar-refractivity contribution is 0.0446. The van der Waals surface area contributed by atoms with E-state index in [1.807, 2.05) is 0 Å². The Balaban J connectivity index is 1.83. The highest BCUT2D eigenvalue weighted by molar-refractivity contribution is 5.10. The Labute approximate surface area is 104 Å². The van der Waals surface area contributed by atoms with Gasteiger partial charge in [-0.3, -0.25) is 0 Å². The van der Waals surface area contributed by atoms with Crippen molar-refractivity contribution < 1.29 is 4.74 Å². The Morgan fingerprint density at radius 2 is 2.18 bits per heavy atom. The molecule has 0 amide bonds. The topological polar surface area (TPSA) is 26.2 Å². The number of hydrogen-bond donors (Lipinski definition) is 1. The van der Waals surface area contributed by atoms with Gasteiger partial charge in [-0.1, -0.05) is 6.92 Å². The lowest BCUT2D eigenvalue weighted by Crippen LogP contribution is -2.46. The van der Waals surface area contributed by atoms with Crippen LogP contribution in [0.4, 0.5) is 0 Å². The summed E-state index contributed by atoms with van der Waals surface area (Å²) in [5.41, 5.74) is 1.64. The first-order valence-corrected chi connectivity index (χ1v) is 6.69. The summed E-state index contributed by atoms with van der Waals surface area (Å²) in [7, 11) is 0. The maximum absolute atomic E-state index is 5.41. The van der Waals surface area contributed by atoms with Crippen molar-refractivity contribution in [1.82, 2.24) is 9.88 Å². The van der Waals surface area contributed by atoms with Gasteiger partial charge in [-0.05, 0) is 37.8 Å². The molecule has 0 unspecified atom stereocenters. The second-order valence-corrected chi connectivity index (χ2v) is 5.28. The Hall–Kier alpha value is -0.800. The van der Waals surface area contributed by atoms with E-state index in [1.54, 1.807) is 0 Å². The average molecular weight is 236 g/mol. The predicted molar refractivity (Wildman–Crippen MR) is 70.0 cm³/mol. The van der Waals surface area contributed by atoms with Gasteiger partial charge in [-0.15, -0.1) is 0 Å². The number of rotatable bonds is 5. The molecule has 1 aliphatic rings. The minimum Gasteiger partial charge on any atom is -0.381 e. The molecule has 17 heavy (non-hydrogen) atoms. The molecule has 3 nitrogen and oxygen atoms in total. The first-order chi connectivity index (χ1) is 8.22. The van der Waals surface area contributed by atoms with Crippen LogP contribution in [0.15, 0.2) is 18.5 Å². The van der Waals surface area contributed by atoms with Gasteiger partial charge in [0.05, 0.1) is 0 Å². The highest BCUT2D eigenvalue weighted by Crippen LogP contribution is 2.20. The normalized spacial score (nSPS) is 19.4. The third kappa shape index (κ3) is 3.58. The van der Waals surface area contributed by atoms with Crippen LogP contribution in [0.2, 0.25) is 0 Å². The quantitative estimate of drug-likeness (QED) is 0.850. The molecule has 96 valence electrons. The summed E-state index contributed by atoms with van der Waals surface area (Å²) in [6, 6.07) is 2.21. The van der Waals surface area contributed by atoms with Crippen molar-refractivity contribution in [3.8, 4) is 0 Å². The van der Waals surface area contributed by atoms with E-state index in [0.29, 0.717) is 0 Å². The maximum Gasteiger partial charge on any atom is 0.0483 e. The van der Waals surface area contributed by atoms with Crippen LogP contribution in [0.3, 0.4) is 0 Å². The summed E-state index contributed by atoms with van der Waals surface area (Å²) >= 11 is 0. The molecule has 2 rings (SSSR count). The minimum atomic E-state index is 0.255. The largest absolute Gasteiger partial charge is 0.381 e. The number of aryl methyl sites for hydroxylation is 1. The van der Waals surface area contributed by atoms with E-state index in [1.165, 1.54) is 12.0 Å². The summed E-state index contributed by atoms with van der Waals surface area (Å²) in [6.45, 7) is 8.37. The van der Waals surface area contributed by atoms with Crippen LogP contribution in [0.5, 0.6) is 0 Å². The molecule has 0 aliphatic carbocycles. The summed E-state index contributed by atoms with van der Waals surface area (Å²) < 4.78 is 7.68. The molecule has 0 saturated carbocycles. The molecule has 0 spiro atoms. The first kappa shape index (κ1) is 12.7. The third-order valence-electron chi connectivity index (χ3n) is 3.61. The zero-order valence-electron chi connectivity index (χ0n) is 11.0. The fraction of sp³-hybridized carbons (Fsp3) is 0.714. The molecule has 1 N–H and O–H groups in total.